The molecule has 0 aliphatic heterocycles. The number of rotatable bonds is 4. The Balaban J connectivity index is 2.90. The van der Waals surface area contributed by atoms with E-state index in [1.165, 1.54) is 7.11 Å². The minimum absolute atomic E-state index is 0.852. The molecule has 0 rings (SSSR count). The lowest BCUT2D eigenvalue weighted by molar-refractivity contribution is 0.214. The van der Waals surface area contributed by atoms with Gasteiger partial charge in [0.25, 0.3) is 0 Å². The predicted molar refractivity (Wildman–Crippen MR) is 33.6 cm³/mol. The Hall–Kier alpha value is -0.790. The minimum atomic E-state index is 0.852. The van der Waals surface area contributed by atoms with Crippen LogP contribution in [0.4, 0.5) is 0 Å². The van der Waals surface area contributed by atoms with Gasteiger partial charge in [-0.2, -0.15) is 0 Å². The summed E-state index contributed by atoms with van der Waals surface area (Å²) in [6.07, 6.45) is 4.99. The first kappa shape index (κ1) is 7.21. The largest absolute Gasteiger partial charge is 0.399 e. The average molecular weight is 112 g/mol. The molecule has 0 fully saturated rings. The van der Waals surface area contributed by atoms with Gasteiger partial charge in [0, 0.05) is 6.21 Å². The maximum atomic E-state index is 5.08. The Morgan fingerprint density at radius 1 is 1.62 bits per heavy atom. The summed E-state index contributed by atoms with van der Waals surface area (Å²) < 4.78 is 0. The predicted octanol–water partition coefficient (Wildman–Crippen LogP) is 1.39. The van der Waals surface area contributed by atoms with Crippen LogP contribution in [0.15, 0.2) is 11.2 Å². The van der Waals surface area contributed by atoms with Crippen molar-refractivity contribution in [2.45, 2.75) is 12.8 Å². The molecule has 0 amide bonds. The maximum Gasteiger partial charge on any atom is 0.106 e. The number of hydrogen-bond donors (Lipinski definition) is 0. The molecule has 2 nitrogen and oxygen atoms in total. The third-order valence-electron chi connectivity index (χ3n) is 0.642. The number of oxime groups is 1. The van der Waals surface area contributed by atoms with Crippen LogP contribution in [0.5, 0.6) is 0 Å². The summed E-state index contributed by atoms with van der Waals surface area (Å²) in [5, 5.41) is 3.51. The van der Waals surface area contributed by atoms with Crippen LogP contribution in [0.3, 0.4) is 0 Å². The molecule has 0 atom stereocenters. The van der Waals surface area contributed by atoms with E-state index in [2.05, 4.69) is 9.99 Å². The summed E-state index contributed by atoms with van der Waals surface area (Å²) in [5.74, 6) is 0. The lowest BCUT2D eigenvalue weighted by atomic mass is 10.3. The first-order valence-electron chi connectivity index (χ1n) is 2.50. The molecule has 2 heteroatoms. The van der Waals surface area contributed by atoms with Crippen molar-refractivity contribution < 1.29 is 4.84 Å². The van der Waals surface area contributed by atoms with E-state index in [0.29, 0.717) is 0 Å². The SMILES string of the molecule is [CH]=CCC/C=N/OC. The first-order chi connectivity index (χ1) is 3.91. The maximum absolute atomic E-state index is 5.08. The zero-order valence-corrected chi connectivity index (χ0v) is 5.00. The molecular formula is C6H10NO. The smallest absolute Gasteiger partial charge is 0.106 e. The highest BCUT2D eigenvalue weighted by molar-refractivity contribution is 5.56. The Bertz CT molecular complexity index is 78.6. The fourth-order valence-corrected chi connectivity index (χ4v) is 0.298. The van der Waals surface area contributed by atoms with E-state index < -0.39 is 0 Å². The van der Waals surface area contributed by atoms with Gasteiger partial charge in [0.05, 0.1) is 0 Å². The van der Waals surface area contributed by atoms with E-state index >= 15 is 0 Å². The molecule has 0 heterocycles. The zero-order chi connectivity index (χ0) is 6.24. The van der Waals surface area contributed by atoms with Crippen LogP contribution in [0.1, 0.15) is 12.8 Å². The van der Waals surface area contributed by atoms with Crippen LogP contribution < -0.4 is 0 Å². The second-order valence-electron chi connectivity index (χ2n) is 1.28. The van der Waals surface area contributed by atoms with Crippen LogP contribution in [0.2, 0.25) is 0 Å². The number of hydrogen-bond acceptors (Lipinski definition) is 2. The molecule has 0 aliphatic rings. The van der Waals surface area contributed by atoms with E-state index in [1.54, 1.807) is 12.3 Å². The molecule has 0 saturated heterocycles. The van der Waals surface area contributed by atoms with Gasteiger partial charge in [-0.15, -0.1) is 0 Å². The van der Waals surface area contributed by atoms with Crippen molar-refractivity contribution in [2.24, 2.45) is 5.16 Å². The summed E-state index contributed by atoms with van der Waals surface area (Å²) >= 11 is 0. The standard InChI is InChI=1S/C6H10NO/c1-3-4-5-6-7-8-2/h1,3,6H,4-5H2,2H3/b3-1?,7-6+. The van der Waals surface area contributed by atoms with Crippen molar-refractivity contribution in [2.75, 3.05) is 7.11 Å². The van der Waals surface area contributed by atoms with Gasteiger partial charge in [-0.05, 0) is 12.8 Å². The van der Waals surface area contributed by atoms with Gasteiger partial charge >= 0.3 is 0 Å². The molecule has 0 N–H and O–H groups in total. The van der Waals surface area contributed by atoms with Crippen molar-refractivity contribution in [3.05, 3.63) is 12.7 Å². The van der Waals surface area contributed by atoms with E-state index in [4.69, 9.17) is 6.58 Å². The van der Waals surface area contributed by atoms with Crippen molar-refractivity contribution in [3.8, 4) is 0 Å². The topological polar surface area (TPSA) is 21.6 Å². The number of unbranched alkanes of at least 4 members (excludes halogenated alkanes) is 1. The van der Waals surface area contributed by atoms with E-state index in [9.17, 15) is 0 Å². The molecule has 0 aromatic rings. The van der Waals surface area contributed by atoms with Crippen molar-refractivity contribution in [1.29, 1.82) is 0 Å². The number of allylic oxidation sites excluding steroid dienone is 1. The highest BCUT2D eigenvalue weighted by atomic mass is 16.6. The fraction of sp³-hybridized carbons (Fsp3) is 0.500. The lowest BCUT2D eigenvalue weighted by Crippen LogP contribution is -1.73. The van der Waals surface area contributed by atoms with Crippen molar-refractivity contribution in [3.63, 3.8) is 0 Å². The Kier molecular flexibility index (Phi) is 5.60. The monoisotopic (exact) mass is 112 g/mol. The van der Waals surface area contributed by atoms with Gasteiger partial charge < -0.3 is 4.84 Å². The summed E-state index contributed by atoms with van der Waals surface area (Å²) in [6, 6.07) is 0. The van der Waals surface area contributed by atoms with Crippen LogP contribution in [0.25, 0.3) is 0 Å². The minimum Gasteiger partial charge on any atom is -0.399 e. The van der Waals surface area contributed by atoms with Gasteiger partial charge in [0.1, 0.15) is 7.11 Å². The van der Waals surface area contributed by atoms with Crippen molar-refractivity contribution in [1.82, 2.24) is 0 Å². The molecule has 1 radical (unpaired) electrons. The quantitative estimate of drug-likeness (QED) is 0.306. The van der Waals surface area contributed by atoms with Gasteiger partial charge in [0.2, 0.25) is 0 Å². The summed E-state index contributed by atoms with van der Waals surface area (Å²) in [4.78, 5) is 4.40. The lowest BCUT2D eigenvalue weighted by Gasteiger charge is -1.83. The highest BCUT2D eigenvalue weighted by Gasteiger charge is 1.72. The van der Waals surface area contributed by atoms with Crippen LogP contribution in [0, 0.1) is 6.58 Å². The highest BCUT2D eigenvalue weighted by Crippen LogP contribution is 1.83. The fourth-order valence-electron chi connectivity index (χ4n) is 0.298. The molecule has 0 aliphatic carbocycles. The number of nitrogens with zero attached hydrogens (tertiary/aromatic N) is 1. The summed E-state index contributed by atoms with van der Waals surface area (Å²) in [5.41, 5.74) is 0. The second kappa shape index (κ2) is 6.21. The van der Waals surface area contributed by atoms with E-state index in [1.807, 2.05) is 0 Å². The molecule has 45 valence electrons. The average Bonchev–Trinajstić information content (AvgIpc) is 1.81. The third kappa shape index (κ3) is 5.21. The third-order valence-corrected chi connectivity index (χ3v) is 0.642. The van der Waals surface area contributed by atoms with Gasteiger partial charge in [-0.25, -0.2) is 0 Å². The van der Waals surface area contributed by atoms with Gasteiger partial charge in [-0.1, -0.05) is 17.8 Å². The molecule has 0 aromatic carbocycles. The van der Waals surface area contributed by atoms with Crippen molar-refractivity contribution >= 4 is 6.21 Å². The van der Waals surface area contributed by atoms with E-state index in [0.717, 1.165) is 12.8 Å². The summed E-state index contributed by atoms with van der Waals surface area (Å²) in [7, 11) is 1.52. The second-order valence-corrected chi connectivity index (χ2v) is 1.28. The van der Waals surface area contributed by atoms with Gasteiger partial charge in [0.15, 0.2) is 0 Å². The molecule has 0 unspecified atom stereocenters. The zero-order valence-electron chi connectivity index (χ0n) is 5.00. The molecule has 0 aromatic heterocycles. The Labute approximate surface area is 49.8 Å². The normalized spacial score (nSPS) is 9.62. The van der Waals surface area contributed by atoms with Crippen LogP contribution >= 0.6 is 0 Å². The molecule has 8 heavy (non-hydrogen) atoms. The van der Waals surface area contributed by atoms with Gasteiger partial charge in [-0.3, -0.25) is 0 Å². The molecule has 0 spiro atoms. The molecule has 0 bridgehead atoms. The van der Waals surface area contributed by atoms with Crippen LogP contribution in [-0.2, 0) is 4.84 Å². The van der Waals surface area contributed by atoms with Crippen LogP contribution in [-0.4, -0.2) is 13.3 Å². The van der Waals surface area contributed by atoms with E-state index in [-0.39, 0.29) is 0 Å². The molecule has 0 saturated carbocycles. The Morgan fingerprint density at radius 2 is 2.38 bits per heavy atom. The first-order valence-corrected chi connectivity index (χ1v) is 2.50. The summed E-state index contributed by atoms with van der Waals surface area (Å²) in [6.45, 7) is 5.08. The Morgan fingerprint density at radius 3 is 2.88 bits per heavy atom. The molecular weight excluding hydrogens is 102 g/mol.